The lowest BCUT2D eigenvalue weighted by Crippen LogP contribution is -2.12. The van der Waals surface area contributed by atoms with Crippen LogP contribution in [0.4, 0.5) is 11.4 Å². The Morgan fingerprint density at radius 2 is 2.00 bits per heavy atom. The summed E-state index contributed by atoms with van der Waals surface area (Å²) in [5.41, 5.74) is 0.671. The summed E-state index contributed by atoms with van der Waals surface area (Å²) < 4.78 is 5.34. The molecule has 0 atom stereocenters. The SMILES string of the molecule is C=CCOc1ccc(NC(=O)c2cccc([N+](=O)[O-])c2)cc1. The third-order valence-corrected chi connectivity index (χ3v) is 2.80. The number of rotatable bonds is 6. The van der Waals surface area contributed by atoms with Crippen LogP contribution in [0.2, 0.25) is 0 Å². The number of non-ortho nitro benzene ring substituents is 1. The summed E-state index contributed by atoms with van der Waals surface area (Å²) in [4.78, 5) is 22.2. The van der Waals surface area contributed by atoms with Gasteiger partial charge >= 0.3 is 0 Å². The van der Waals surface area contributed by atoms with Gasteiger partial charge in [0.1, 0.15) is 12.4 Å². The molecule has 6 heteroatoms. The predicted molar refractivity (Wildman–Crippen MR) is 83.2 cm³/mol. The van der Waals surface area contributed by atoms with Gasteiger partial charge in [-0.25, -0.2) is 0 Å². The Morgan fingerprint density at radius 3 is 2.64 bits per heavy atom. The van der Waals surface area contributed by atoms with Crippen molar-refractivity contribution in [3.63, 3.8) is 0 Å². The van der Waals surface area contributed by atoms with E-state index in [0.717, 1.165) is 0 Å². The molecule has 0 aromatic heterocycles. The Hall–Kier alpha value is -3.15. The number of anilines is 1. The number of nitrogens with one attached hydrogen (secondary N) is 1. The molecule has 0 aliphatic rings. The topological polar surface area (TPSA) is 81.5 Å². The van der Waals surface area contributed by atoms with Crippen LogP contribution in [0.5, 0.6) is 5.75 Å². The Balaban J connectivity index is 2.06. The second-order valence-corrected chi connectivity index (χ2v) is 4.39. The Morgan fingerprint density at radius 1 is 1.27 bits per heavy atom. The van der Waals surface area contributed by atoms with E-state index in [9.17, 15) is 14.9 Å². The summed E-state index contributed by atoms with van der Waals surface area (Å²) in [5.74, 6) is 0.247. The molecule has 0 unspecified atom stereocenters. The van der Waals surface area contributed by atoms with Crippen LogP contribution in [0.15, 0.2) is 61.2 Å². The van der Waals surface area contributed by atoms with Gasteiger partial charge in [0.15, 0.2) is 0 Å². The van der Waals surface area contributed by atoms with Gasteiger partial charge in [0.05, 0.1) is 4.92 Å². The number of nitrogens with zero attached hydrogens (tertiary/aromatic N) is 1. The van der Waals surface area contributed by atoms with Gasteiger partial charge in [-0.1, -0.05) is 18.7 Å². The molecule has 0 bridgehead atoms. The van der Waals surface area contributed by atoms with Gasteiger partial charge in [0, 0.05) is 23.4 Å². The van der Waals surface area contributed by atoms with E-state index in [0.29, 0.717) is 18.0 Å². The van der Waals surface area contributed by atoms with Crippen molar-refractivity contribution < 1.29 is 14.5 Å². The molecule has 0 fully saturated rings. The zero-order valence-electron chi connectivity index (χ0n) is 11.7. The van der Waals surface area contributed by atoms with E-state index in [1.165, 1.54) is 24.3 Å². The molecule has 0 aliphatic carbocycles. The first kappa shape index (κ1) is 15.2. The minimum Gasteiger partial charge on any atom is -0.490 e. The number of hydrogen-bond acceptors (Lipinski definition) is 4. The molecule has 112 valence electrons. The molecule has 2 aromatic carbocycles. The van der Waals surface area contributed by atoms with Gasteiger partial charge in [-0.05, 0) is 30.3 Å². The van der Waals surface area contributed by atoms with Crippen LogP contribution >= 0.6 is 0 Å². The molecule has 6 nitrogen and oxygen atoms in total. The van der Waals surface area contributed by atoms with Crippen molar-refractivity contribution in [2.45, 2.75) is 0 Å². The normalized spacial score (nSPS) is 9.82. The molecule has 0 radical (unpaired) electrons. The van der Waals surface area contributed by atoms with Crippen molar-refractivity contribution in [3.05, 3.63) is 76.9 Å². The highest BCUT2D eigenvalue weighted by atomic mass is 16.6. The summed E-state index contributed by atoms with van der Waals surface area (Å²) >= 11 is 0. The lowest BCUT2D eigenvalue weighted by molar-refractivity contribution is -0.384. The van der Waals surface area contributed by atoms with E-state index in [-0.39, 0.29) is 11.3 Å². The quantitative estimate of drug-likeness (QED) is 0.503. The third-order valence-electron chi connectivity index (χ3n) is 2.80. The largest absolute Gasteiger partial charge is 0.490 e. The summed E-state index contributed by atoms with van der Waals surface area (Å²) in [6.07, 6.45) is 1.64. The number of hydrogen-bond donors (Lipinski definition) is 1. The Bertz CT molecular complexity index is 696. The first-order valence-electron chi connectivity index (χ1n) is 6.49. The fourth-order valence-electron chi connectivity index (χ4n) is 1.75. The predicted octanol–water partition coefficient (Wildman–Crippen LogP) is 3.41. The number of carbonyl (C=O) groups excluding carboxylic acids is 1. The number of ether oxygens (including phenoxy) is 1. The maximum absolute atomic E-state index is 12.1. The van der Waals surface area contributed by atoms with E-state index in [2.05, 4.69) is 11.9 Å². The average Bonchev–Trinajstić information content (AvgIpc) is 2.54. The maximum Gasteiger partial charge on any atom is 0.270 e. The van der Waals surface area contributed by atoms with Crippen molar-refractivity contribution in [2.24, 2.45) is 0 Å². The lowest BCUT2D eigenvalue weighted by atomic mass is 10.2. The molecule has 0 saturated heterocycles. The van der Waals surface area contributed by atoms with Crippen LogP contribution in [0, 0.1) is 10.1 Å². The van der Waals surface area contributed by atoms with Gasteiger partial charge in [-0.15, -0.1) is 0 Å². The summed E-state index contributed by atoms with van der Waals surface area (Å²) in [5, 5.41) is 13.4. The molecular weight excluding hydrogens is 284 g/mol. The number of amides is 1. The summed E-state index contributed by atoms with van der Waals surface area (Å²) in [7, 11) is 0. The monoisotopic (exact) mass is 298 g/mol. The molecule has 2 aromatic rings. The molecule has 2 rings (SSSR count). The van der Waals surface area contributed by atoms with E-state index in [1.807, 2.05) is 0 Å². The average molecular weight is 298 g/mol. The van der Waals surface area contributed by atoms with Crippen LogP contribution in [0.1, 0.15) is 10.4 Å². The van der Waals surface area contributed by atoms with Crippen molar-refractivity contribution in [1.29, 1.82) is 0 Å². The highest BCUT2D eigenvalue weighted by molar-refractivity contribution is 6.04. The highest BCUT2D eigenvalue weighted by Crippen LogP contribution is 2.18. The van der Waals surface area contributed by atoms with Crippen molar-refractivity contribution in [1.82, 2.24) is 0 Å². The zero-order valence-corrected chi connectivity index (χ0v) is 11.7. The van der Waals surface area contributed by atoms with Crippen molar-refractivity contribution in [3.8, 4) is 5.75 Å². The minimum absolute atomic E-state index is 0.124. The van der Waals surface area contributed by atoms with E-state index >= 15 is 0 Å². The molecule has 0 aliphatic heterocycles. The molecule has 0 heterocycles. The Kier molecular flexibility index (Phi) is 4.87. The molecular formula is C16H14N2O4. The van der Waals surface area contributed by atoms with Crippen LogP contribution in [0.3, 0.4) is 0 Å². The van der Waals surface area contributed by atoms with E-state index in [1.54, 1.807) is 30.3 Å². The standard InChI is InChI=1S/C16H14N2O4/c1-2-10-22-15-8-6-13(7-9-15)17-16(19)12-4-3-5-14(11-12)18(20)21/h2-9,11H,1,10H2,(H,17,19). The fraction of sp³-hybridized carbons (Fsp3) is 0.0625. The van der Waals surface area contributed by atoms with Gasteiger partial charge < -0.3 is 10.1 Å². The van der Waals surface area contributed by atoms with Crippen LogP contribution < -0.4 is 10.1 Å². The summed E-state index contributed by atoms with van der Waals surface area (Å²) in [6.45, 7) is 3.96. The lowest BCUT2D eigenvalue weighted by Gasteiger charge is -2.07. The second-order valence-electron chi connectivity index (χ2n) is 4.39. The first-order valence-corrected chi connectivity index (χ1v) is 6.49. The van der Waals surface area contributed by atoms with E-state index < -0.39 is 10.8 Å². The fourth-order valence-corrected chi connectivity index (χ4v) is 1.75. The molecule has 0 saturated carbocycles. The van der Waals surface area contributed by atoms with Crippen LogP contribution in [-0.2, 0) is 0 Å². The minimum atomic E-state index is -0.539. The molecule has 22 heavy (non-hydrogen) atoms. The van der Waals surface area contributed by atoms with Gasteiger partial charge in [0.25, 0.3) is 11.6 Å². The maximum atomic E-state index is 12.1. The number of nitro benzene ring substituents is 1. The number of carbonyl (C=O) groups is 1. The first-order chi connectivity index (χ1) is 10.6. The van der Waals surface area contributed by atoms with Crippen LogP contribution in [-0.4, -0.2) is 17.4 Å². The van der Waals surface area contributed by atoms with Gasteiger partial charge in [0.2, 0.25) is 0 Å². The summed E-state index contributed by atoms with van der Waals surface area (Å²) in [6, 6.07) is 12.4. The number of nitro groups is 1. The second kappa shape index (κ2) is 7.03. The van der Waals surface area contributed by atoms with Crippen LogP contribution in [0.25, 0.3) is 0 Å². The molecule has 0 spiro atoms. The van der Waals surface area contributed by atoms with E-state index in [4.69, 9.17) is 4.74 Å². The highest BCUT2D eigenvalue weighted by Gasteiger charge is 2.11. The van der Waals surface area contributed by atoms with Crippen molar-refractivity contribution in [2.75, 3.05) is 11.9 Å². The Labute approximate surface area is 127 Å². The third kappa shape index (κ3) is 3.92. The molecule has 1 N–H and O–H groups in total. The smallest absolute Gasteiger partial charge is 0.270 e. The van der Waals surface area contributed by atoms with Gasteiger partial charge in [-0.2, -0.15) is 0 Å². The zero-order chi connectivity index (χ0) is 15.9. The molecule has 1 amide bonds. The van der Waals surface area contributed by atoms with Gasteiger partial charge in [-0.3, -0.25) is 14.9 Å². The number of benzene rings is 2. The van der Waals surface area contributed by atoms with Crippen molar-refractivity contribution >= 4 is 17.3 Å².